The van der Waals surface area contributed by atoms with Crippen molar-refractivity contribution in [2.75, 3.05) is 0 Å². The molecular formula is C16H22N6O3S. The summed E-state index contributed by atoms with van der Waals surface area (Å²) in [7, 11) is 0. The smallest absolute Gasteiger partial charge is 0.271 e. The topological polar surface area (TPSA) is 133 Å². The van der Waals surface area contributed by atoms with Crippen LogP contribution in [0.1, 0.15) is 47.5 Å². The average Bonchev–Trinajstić information content (AvgIpc) is 3.35. The van der Waals surface area contributed by atoms with Crippen molar-refractivity contribution < 1.29 is 14.7 Å². The quantitative estimate of drug-likeness (QED) is 0.551. The van der Waals surface area contributed by atoms with Gasteiger partial charge in [0.25, 0.3) is 5.91 Å². The summed E-state index contributed by atoms with van der Waals surface area (Å²) in [6.07, 6.45) is 3.13. The van der Waals surface area contributed by atoms with Gasteiger partial charge in [0.1, 0.15) is 17.8 Å². The normalized spacial score (nSPS) is 22.3. The Morgan fingerprint density at radius 1 is 1.42 bits per heavy atom. The monoisotopic (exact) mass is 378 g/mol. The van der Waals surface area contributed by atoms with E-state index in [2.05, 4.69) is 37.7 Å². The van der Waals surface area contributed by atoms with Gasteiger partial charge in [-0.25, -0.2) is 9.97 Å². The van der Waals surface area contributed by atoms with Crippen LogP contribution in [0, 0.1) is 5.92 Å². The maximum absolute atomic E-state index is 12.3. The molecule has 0 aromatic carbocycles. The molecule has 0 aliphatic heterocycles. The third-order valence-electron chi connectivity index (χ3n) is 4.36. The summed E-state index contributed by atoms with van der Waals surface area (Å²) in [5.74, 6) is -0.274. The second kappa shape index (κ2) is 8.37. The molecule has 10 heteroatoms. The summed E-state index contributed by atoms with van der Waals surface area (Å²) in [4.78, 5) is 32.8. The van der Waals surface area contributed by atoms with E-state index >= 15 is 0 Å². The lowest BCUT2D eigenvalue weighted by atomic mass is 10.1. The number of amides is 2. The summed E-state index contributed by atoms with van der Waals surface area (Å²) in [5.41, 5.74) is 0.365. The van der Waals surface area contributed by atoms with Gasteiger partial charge in [-0.2, -0.15) is 5.10 Å². The molecule has 4 N–H and O–H groups in total. The van der Waals surface area contributed by atoms with Crippen molar-refractivity contribution in [3.8, 4) is 0 Å². The summed E-state index contributed by atoms with van der Waals surface area (Å²) in [6.45, 7) is 2.31. The molecule has 0 unspecified atom stereocenters. The SMILES string of the molecule is CCCc1nc(C(=O)N[C@H]2C[C@H](C(=O)NCc3ncn[nH]3)C[C@@H]2O)cs1. The highest BCUT2D eigenvalue weighted by Crippen LogP contribution is 2.27. The fourth-order valence-electron chi connectivity index (χ4n) is 3.00. The fourth-order valence-corrected chi connectivity index (χ4v) is 3.88. The van der Waals surface area contributed by atoms with Crippen molar-refractivity contribution in [2.45, 2.75) is 51.3 Å². The maximum atomic E-state index is 12.3. The van der Waals surface area contributed by atoms with Gasteiger partial charge in [0.15, 0.2) is 0 Å². The molecule has 0 radical (unpaired) electrons. The van der Waals surface area contributed by atoms with Crippen LogP contribution in [-0.2, 0) is 17.8 Å². The summed E-state index contributed by atoms with van der Waals surface area (Å²) in [6, 6.07) is -0.458. The predicted octanol–water partition coefficient (Wildman–Crippen LogP) is 0.399. The molecule has 2 aromatic heterocycles. The van der Waals surface area contributed by atoms with Crippen LogP contribution in [-0.4, -0.2) is 49.2 Å². The van der Waals surface area contributed by atoms with Crippen LogP contribution in [0.5, 0.6) is 0 Å². The van der Waals surface area contributed by atoms with Gasteiger partial charge in [-0.3, -0.25) is 14.7 Å². The number of aliphatic hydroxyl groups is 1. The van der Waals surface area contributed by atoms with E-state index in [1.165, 1.54) is 17.7 Å². The van der Waals surface area contributed by atoms with Crippen LogP contribution in [0.3, 0.4) is 0 Å². The standard InChI is InChI=1S/C16H22N6O3S/c1-2-3-14-20-11(7-26-14)16(25)21-10-4-9(5-12(10)23)15(24)17-6-13-18-8-19-22-13/h7-10,12,23H,2-6H2,1H3,(H,17,24)(H,21,25)(H,18,19,22)/t9-,10-,12-/m0/s1. The third-order valence-corrected chi connectivity index (χ3v) is 5.27. The zero-order valence-electron chi connectivity index (χ0n) is 14.4. The van der Waals surface area contributed by atoms with Gasteiger partial charge >= 0.3 is 0 Å². The molecule has 0 bridgehead atoms. The number of carbonyl (C=O) groups is 2. The van der Waals surface area contributed by atoms with Gasteiger partial charge in [0, 0.05) is 11.3 Å². The number of hydrogen-bond donors (Lipinski definition) is 4. The summed E-state index contributed by atoms with van der Waals surface area (Å²) >= 11 is 1.46. The van der Waals surface area contributed by atoms with Crippen molar-refractivity contribution >= 4 is 23.2 Å². The fraction of sp³-hybridized carbons (Fsp3) is 0.562. The Labute approximate surface area is 154 Å². The van der Waals surface area contributed by atoms with E-state index in [0.717, 1.165) is 17.8 Å². The molecule has 2 heterocycles. The van der Waals surface area contributed by atoms with E-state index in [9.17, 15) is 14.7 Å². The first-order valence-corrected chi connectivity index (χ1v) is 9.50. The van der Waals surface area contributed by atoms with Crippen LogP contribution in [0.25, 0.3) is 0 Å². The van der Waals surface area contributed by atoms with Crippen LogP contribution >= 0.6 is 11.3 Å². The van der Waals surface area contributed by atoms with Crippen LogP contribution < -0.4 is 10.6 Å². The molecule has 1 aliphatic carbocycles. The molecule has 0 spiro atoms. The van der Waals surface area contributed by atoms with E-state index in [1.54, 1.807) is 5.38 Å². The van der Waals surface area contributed by atoms with Gasteiger partial charge in [-0.05, 0) is 25.7 Å². The number of nitrogens with one attached hydrogen (secondary N) is 3. The molecule has 1 aliphatic rings. The minimum absolute atomic E-state index is 0.170. The highest BCUT2D eigenvalue weighted by molar-refractivity contribution is 7.09. The highest BCUT2D eigenvalue weighted by atomic mass is 32.1. The summed E-state index contributed by atoms with van der Waals surface area (Å²) < 4.78 is 0. The van der Waals surface area contributed by atoms with Gasteiger partial charge in [0.05, 0.1) is 23.7 Å². The van der Waals surface area contributed by atoms with Crippen molar-refractivity contribution in [3.63, 3.8) is 0 Å². The molecule has 3 rings (SSSR count). The van der Waals surface area contributed by atoms with Gasteiger partial charge in [0.2, 0.25) is 5.91 Å². The number of hydrogen-bond acceptors (Lipinski definition) is 7. The molecule has 140 valence electrons. The Kier molecular flexibility index (Phi) is 5.94. The number of carbonyl (C=O) groups excluding carboxylic acids is 2. The third kappa shape index (κ3) is 4.44. The Morgan fingerprint density at radius 3 is 3.00 bits per heavy atom. The van der Waals surface area contributed by atoms with Crippen molar-refractivity contribution in [1.29, 1.82) is 0 Å². The molecule has 26 heavy (non-hydrogen) atoms. The zero-order valence-corrected chi connectivity index (χ0v) is 15.3. The minimum Gasteiger partial charge on any atom is -0.391 e. The molecular weight excluding hydrogens is 356 g/mol. The van der Waals surface area contributed by atoms with Crippen LogP contribution in [0.2, 0.25) is 0 Å². The number of aromatic nitrogens is 4. The number of nitrogens with zero attached hydrogens (tertiary/aromatic N) is 3. The Hall–Kier alpha value is -2.33. The summed E-state index contributed by atoms with van der Waals surface area (Å²) in [5, 5.41) is 24.8. The number of thiazole rings is 1. The molecule has 2 amide bonds. The number of H-pyrrole nitrogens is 1. The minimum atomic E-state index is -0.756. The second-order valence-corrected chi connectivity index (χ2v) is 7.28. The molecule has 1 saturated carbocycles. The Bertz CT molecular complexity index is 747. The first kappa shape index (κ1) is 18.5. The molecule has 1 fully saturated rings. The van der Waals surface area contributed by atoms with E-state index in [0.29, 0.717) is 24.4 Å². The number of aromatic amines is 1. The lowest BCUT2D eigenvalue weighted by molar-refractivity contribution is -0.125. The van der Waals surface area contributed by atoms with E-state index in [1.807, 2.05) is 0 Å². The first-order valence-electron chi connectivity index (χ1n) is 8.62. The Balaban J connectivity index is 1.51. The number of rotatable bonds is 7. The van der Waals surface area contributed by atoms with Gasteiger partial charge in [-0.15, -0.1) is 11.3 Å². The molecule has 9 nitrogen and oxygen atoms in total. The van der Waals surface area contributed by atoms with Gasteiger partial charge < -0.3 is 15.7 Å². The van der Waals surface area contributed by atoms with E-state index in [4.69, 9.17) is 0 Å². The Morgan fingerprint density at radius 2 is 2.27 bits per heavy atom. The molecule has 0 saturated heterocycles. The van der Waals surface area contributed by atoms with Crippen molar-refractivity contribution in [1.82, 2.24) is 30.8 Å². The maximum Gasteiger partial charge on any atom is 0.271 e. The van der Waals surface area contributed by atoms with E-state index in [-0.39, 0.29) is 24.3 Å². The molecule has 3 atom stereocenters. The van der Waals surface area contributed by atoms with Crippen LogP contribution in [0.15, 0.2) is 11.7 Å². The highest BCUT2D eigenvalue weighted by Gasteiger charge is 2.38. The largest absolute Gasteiger partial charge is 0.391 e. The second-order valence-electron chi connectivity index (χ2n) is 6.34. The van der Waals surface area contributed by atoms with Crippen molar-refractivity contribution in [3.05, 3.63) is 28.2 Å². The van der Waals surface area contributed by atoms with Gasteiger partial charge in [-0.1, -0.05) is 6.92 Å². The first-order chi connectivity index (χ1) is 12.6. The predicted molar refractivity (Wildman–Crippen MR) is 94.3 cm³/mol. The lowest BCUT2D eigenvalue weighted by Crippen LogP contribution is -2.40. The van der Waals surface area contributed by atoms with Crippen LogP contribution in [0.4, 0.5) is 0 Å². The average molecular weight is 378 g/mol. The van der Waals surface area contributed by atoms with Crippen molar-refractivity contribution in [2.24, 2.45) is 5.92 Å². The lowest BCUT2D eigenvalue weighted by Gasteiger charge is -2.15. The number of aliphatic hydroxyl groups excluding tert-OH is 1. The number of aryl methyl sites for hydroxylation is 1. The van der Waals surface area contributed by atoms with E-state index < -0.39 is 12.1 Å². The molecule has 2 aromatic rings. The zero-order chi connectivity index (χ0) is 18.5.